The van der Waals surface area contributed by atoms with Gasteiger partial charge in [-0.05, 0) is 49.8 Å². The van der Waals surface area contributed by atoms with Gasteiger partial charge in [-0.1, -0.05) is 17.3 Å². The third-order valence-electron chi connectivity index (χ3n) is 5.50. The number of carbonyl (C=O) groups excluding carboxylic acids is 1. The standard InChI is InChI=1S/C21H23N5O3/c1-12(27)10-26-11-16(9-22-26)20(28)23-18-7-5-14-8-15(4-6-17(14)18)19-24-21(29-25-19)13-2-3-13/h4,6,8-9,11-13,18,27H,2-3,5,7,10H2,1H3,(H,23,28)/t12-,18-/m1/s1. The van der Waals surface area contributed by atoms with Crippen LogP contribution in [0.2, 0.25) is 0 Å². The van der Waals surface area contributed by atoms with Gasteiger partial charge in [0.15, 0.2) is 0 Å². The molecule has 1 fully saturated rings. The van der Waals surface area contributed by atoms with E-state index in [0.717, 1.165) is 42.7 Å². The summed E-state index contributed by atoms with van der Waals surface area (Å²) in [6, 6.07) is 6.11. The van der Waals surface area contributed by atoms with E-state index >= 15 is 0 Å². The Morgan fingerprint density at radius 3 is 3.03 bits per heavy atom. The Morgan fingerprint density at radius 1 is 1.38 bits per heavy atom. The summed E-state index contributed by atoms with van der Waals surface area (Å²) in [7, 11) is 0. The minimum absolute atomic E-state index is 0.0287. The quantitative estimate of drug-likeness (QED) is 0.667. The first-order chi connectivity index (χ1) is 14.1. The first-order valence-electron chi connectivity index (χ1n) is 10.0. The molecule has 1 saturated carbocycles. The number of nitrogens with zero attached hydrogens (tertiary/aromatic N) is 4. The molecule has 150 valence electrons. The average molecular weight is 393 g/mol. The van der Waals surface area contributed by atoms with E-state index in [-0.39, 0.29) is 11.9 Å². The van der Waals surface area contributed by atoms with Crippen molar-refractivity contribution in [2.45, 2.75) is 57.2 Å². The molecular weight excluding hydrogens is 370 g/mol. The largest absolute Gasteiger partial charge is 0.391 e. The second kappa shape index (κ2) is 7.11. The highest BCUT2D eigenvalue weighted by Crippen LogP contribution is 2.40. The molecule has 0 saturated heterocycles. The van der Waals surface area contributed by atoms with Crippen LogP contribution >= 0.6 is 0 Å². The maximum Gasteiger partial charge on any atom is 0.254 e. The lowest BCUT2D eigenvalue weighted by molar-refractivity contribution is 0.0936. The first kappa shape index (κ1) is 18.1. The number of benzene rings is 1. The van der Waals surface area contributed by atoms with Crippen LogP contribution in [0, 0.1) is 0 Å². The van der Waals surface area contributed by atoms with E-state index in [9.17, 15) is 9.90 Å². The van der Waals surface area contributed by atoms with E-state index in [1.807, 2.05) is 12.1 Å². The topological polar surface area (TPSA) is 106 Å². The zero-order valence-corrected chi connectivity index (χ0v) is 16.2. The Balaban J connectivity index is 1.29. The second-order valence-corrected chi connectivity index (χ2v) is 8.01. The highest BCUT2D eigenvalue weighted by atomic mass is 16.5. The van der Waals surface area contributed by atoms with Gasteiger partial charge in [0.05, 0.1) is 30.5 Å². The number of aliphatic hydroxyl groups excluding tert-OH is 1. The zero-order valence-electron chi connectivity index (χ0n) is 16.2. The third-order valence-corrected chi connectivity index (χ3v) is 5.50. The summed E-state index contributed by atoms with van der Waals surface area (Å²) < 4.78 is 6.95. The summed E-state index contributed by atoms with van der Waals surface area (Å²) in [5.74, 6) is 1.65. The average Bonchev–Trinajstić information content (AvgIpc) is 3.10. The normalized spacial score (nSPS) is 19.2. The second-order valence-electron chi connectivity index (χ2n) is 8.01. The van der Waals surface area contributed by atoms with E-state index in [2.05, 4.69) is 26.6 Å². The molecule has 2 aliphatic rings. The number of aromatic nitrogens is 4. The molecule has 2 heterocycles. The van der Waals surface area contributed by atoms with Gasteiger partial charge >= 0.3 is 0 Å². The Morgan fingerprint density at radius 2 is 2.24 bits per heavy atom. The summed E-state index contributed by atoms with van der Waals surface area (Å²) in [5, 5.41) is 20.8. The molecule has 3 aromatic rings. The van der Waals surface area contributed by atoms with Crippen molar-refractivity contribution in [3.8, 4) is 11.4 Å². The lowest BCUT2D eigenvalue weighted by Crippen LogP contribution is -2.26. The van der Waals surface area contributed by atoms with Crippen LogP contribution in [-0.2, 0) is 13.0 Å². The summed E-state index contributed by atoms with van der Waals surface area (Å²) >= 11 is 0. The van der Waals surface area contributed by atoms with Crippen molar-refractivity contribution in [1.29, 1.82) is 0 Å². The molecule has 8 nitrogen and oxygen atoms in total. The molecule has 0 spiro atoms. The fourth-order valence-electron chi connectivity index (χ4n) is 3.85. The zero-order chi connectivity index (χ0) is 20.0. The molecule has 0 radical (unpaired) electrons. The van der Waals surface area contributed by atoms with Crippen LogP contribution in [0.1, 0.15) is 65.5 Å². The molecule has 2 N–H and O–H groups in total. The highest BCUT2D eigenvalue weighted by Gasteiger charge is 2.30. The van der Waals surface area contributed by atoms with Crippen molar-refractivity contribution >= 4 is 5.91 Å². The van der Waals surface area contributed by atoms with Crippen LogP contribution in [0.3, 0.4) is 0 Å². The van der Waals surface area contributed by atoms with E-state index in [4.69, 9.17) is 4.52 Å². The van der Waals surface area contributed by atoms with Gasteiger partial charge in [0.25, 0.3) is 5.91 Å². The van der Waals surface area contributed by atoms with Crippen molar-refractivity contribution in [2.75, 3.05) is 0 Å². The SMILES string of the molecule is C[C@@H](O)Cn1cc(C(=O)N[C@@H]2CCc3cc(-c4noc(C5CC5)n4)ccc32)cn1. The molecule has 29 heavy (non-hydrogen) atoms. The van der Waals surface area contributed by atoms with Gasteiger partial charge < -0.3 is 14.9 Å². The Kier molecular flexibility index (Phi) is 4.43. The maximum atomic E-state index is 12.6. The van der Waals surface area contributed by atoms with Crippen LogP contribution in [0.4, 0.5) is 0 Å². The number of carbonyl (C=O) groups is 1. The number of fused-ring (bicyclic) bond motifs is 1. The minimum Gasteiger partial charge on any atom is -0.391 e. The van der Waals surface area contributed by atoms with Crippen molar-refractivity contribution < 1.29 is 14.4 Å². The Hall–Kier alpha value is -3.00. The van der Waals surface area contributed by atoms with Gasteiger partial charge in [0.2, 0.25) is 11.7 Å². The number of hydrogen-bond donors (Lipinski definition) is 2. The summed E-state index contributed by atoms with van der Waals surface area (Å²) in [5.41, 5.74) is 3.78. The molecule has 2 atom stereocenters. The monoisotopic (exact) mass is 393 g/mol. The van der Waals surface area contributed by atoms with Crippen molar-refractivity contribution in [3.63, 3.8) is 0 Å². The number of nitrogens with one attached hydrogen (secondary N) is 1. The summed E-state index contributed by atoms with van der Waals surface area (Å²) in [6.45, 7) is 2.05. The van der Waals surface area contributed by atoms with Gasteiger partial charge in [-0.25, -0.2) is 0 Å². The Labute approximate surface area is 167 Å². The molecule has 0 aliphatic heterocycles. The minimum atomic E-state index is -0.513. The molecule has 1 amide bonds. The van der Waals surface area contributed by atoms with Crippen LogP contribution in [0.5, 0.6) is 0 Å². The van der Waals surface area contributed by atoms with Crippen LogP contribution < -0.4 is 5.32 Å². The third kappa shape index (κ3) is 3.67. The van der Waals surface area contributed by atoms with Gasteiger partial charge in [-0.15, -0.1) is 0 Å². The van der Waals surface area contributed by atoms with Crippen LogP contribution in [0.15, 0.2) is 35.1 Å². The van der Waals surface area contributed by atoms with Gasteiger partial charge in [0.1, 0.15) is 0 Å². The molecule has 2 aromatic heterocycles. The van der Waals surface area contributed by atoms with E-state index in [0.29, 0.717) is 23.9 Å². The highest BCUT2D eigenvalue weighted by molar-refractivity contribution is 5.94. The predicted molar refractivity (Wildman–Crippen MR) is 104 cm³/mol. The molecular formula is C21H23N5O3. The van der Waals surface area contributed by atoms with Gasteiger partial charge in [0, 0.05) is 17.7 Å². The molecule has 1 aromatic carbocycles. The molecule has 0 unspecified atom stereocenters. The smallest absolute Gasteiger partial charge is 0.254 e. The summed E-state index contributed by atoms with van der Waals surface area (Å²) in [6.07, 6.45) is 6.69. The number of aryl methyl sites for hydroxylation is 1. The Bertz CT molecular complexity index is 1050. The summed E-state index contributed by atoms with van der Waals surface area (Å²) in [4.78, 5) is 17.1. The van der Waals surface area contributed by atoms with E-state index in [1.54, 1.807) is 17.8 Å². The molecule has 5 rings (SSSR count). The lowest BCUT2D eigenvalue weighted by atomic mass is 10.0. The molecule has 2 aliphatic carbocycles. The fraction of sp³-hybridized carbons (Fsp3) is 0.429. The molecule has 0 bridgehead atoms. The number of aliphatic hydroxyl groups is 1. The number of amides is 1. The van der Waals surface area contributed by atoms with Crippen molar-refractivity contribution in [2.24, 2.45) is 0 Å². The van der Waals surface area contributed by atoms with Crippen molar-refractivity contribution in [3.05, 3.63) is 53.2 Å². The van der Waals surface area contributed by atoms with Gasteiger partial charge in [-0.3, -0.25) is 9.48 Å². The lowest BCUT2D eigenvalue weighted by Gasteiger charge is -2.13. The predicted octanol–water partition coefficient (Wildman–Crippen LogP) is 2.61. The van der Waals surface area contributed by atoms with E-state index in [1.165, 1.54) is 11.8 Å². The van der Waals surface area contributed by atoms with Crippen molar-refractivity contribution in [1.82, 2.24) is 25.2 Å². The molecule has 8 heteroatoms. The first-order valence-corrected chi connectivity index (χ1v) is 10.0. The number of hydrogen-bond acceptors (Lipinski definition) is 6. The van der Waals surface area contributed by atoms with Gasteiger partial charge in [-0.2, -0.15) is 10.1 Å². The van der Waals surface area contributed by atoms with Crippen LogP contribution in [0.25, 0.3) is 11.4 Å². The number of rotatable bonds is 6. The van der Waals surface area contributed by atoms with E-state index < -0.39 is 6.10 Å². The fourth-order valence-corrected chi connectivity index (χ4v) is 3.85. The maximum absolute atomic E-state index is 12.6. The van der Waals surface area contributed by atoms with Crippen LogP contribution in [-0.4, -0.2) is 37.0 Å².